The Bertz CT molecular complexity index is 624. The minimum Gasteiger partial charge on any atom is -0.285 e. The van der Waals surface area contributed by atoms with Crippen LogP contribution in [0, 0.1) is 0 Å². The first-order valence-corrected chi connectivity index (χ1v) is 8.29. The summed E-state index contributed by atoms with van der Waals surface area (Å²) in [5.41, 5.74) is 1.82. The Morgan fingerprint density at radius 3 is 2.58 bits per heavy atom. The molecule has 0 spiro atoms. The largest absolute Gasteiger partial charge is 0.285 e. The van der Waals surface area contributed by atoms with Gasteiger partial charge in [-0.1, -0.05) is 28.1 Å². The zero-order chi connectivity index (χ0) is 13.9. The lowest BCUT2D eigenvalue weighted by atomic mass is 10.2. The number of H-pyrrole nitrogens is 1. The van der Waals surface area contributed by atoms with Crippen LogP contribution in [0.1, 0.15) is 24.1 Å². The Kier molecular flexibility index (Phi) is 4.38. The molecule has 0 saturated heterocycles. The maximum absolute atomic E-state index is 12.2. The molecule has 102 valence electrons. The number of halogens is 1. The van der Waals surface area contributed by atoms with E-state index in [2.05, 4.69) is 30.8 Å². The van der Waals surface area contributed by atoms with Gasteiger partial charge in [0.1, 0.15) is 0 Å². The molecule has 0 aliphatic heterocycles. The topological polar surface area (TPSA) is 74.8 Å². The average molecular weight is 344 g/mol. The molecular formula is C12H14BrN3O2S. The normalized spacial score (nSPS) is 13.4. The van der Waals surface area contributed by atoms with Crippen molar-refractivity contribution in [1.29, 1.82) is 0 Å². The molecule has 1 heterocycles. The second-order valence-corrected chi connectivity index (χ2v) is 6.43. The van der Waals surface area contributed by atoms with Gasteiger partial charge in [-0.05, 0) is 24.6 Å². The Morgan fingerprint density at radius 1 is 1.37 bits per heavy atom. The molecule has 7 heteroatoms. The number of benzene rings is 1. The van der Waals surface area contributed by atoms with Crippen molar-refractivity contribution < 1.29 is 8.42 Å². The number of sulfonamides is 1. The van der Waals surface area contributed by atoms with Crippen molar-refractivity contribution in [2.45, 2.75) is 23.2 Å². The molecule has 5 nitrogen and oxygen atoms in total. The van der Waals surface area contributed by atoms with Gasteiger partial charge in [-0.2, -0.15) is 5.10 Å². The summed E-state index contributed by atoms with van der Waals surface area (Å²) < 4.78 is 27.0. The highest BCUT2D eigenvalue weighted by Crippen LogP contribution is 2.17. The third-order valence-corrected chi connectivity index (χ3v) is 4.94. The van der Waals surface area contributed by atoms with E-state index in [1.807, 2.05) is 0 Å². The predicted molar refractivity (Wildman–Crippen MR) is 76.4 cm³/mol. The van der Waals surface area contributed by atoms with Crippen molar-refractivity contribution in [2.24, 2.45) is 0 Å². The monoisotopic (exact) mass is 343 g/mol. The molecule has 19 heavy (non-hydrogen) atoms. The molecule has 2 N–H and O–H groups in total. The third-order valence-electron chi connectivity index (χ3n) is 2.74. The van der Waals surface area contributed by atoms with Gasteiger partial charge in [0.15, 0.2) is 0 Å². The summed E-state index contributed by atoms with van der Waals surface area (Å²) in [6.07, 6.45) is 3.27. The molecule has 2 aromatic rings. The molecule has 1 atom stereocenters. The van der Waals surface area contributed by atoms with E-state index in [1.54, 1.807) is 43.6 Å². The van der Waals surface area contributed by atoms with E-state index in [1.165, 1.54) is 0 Å². The van der Waals surface area contributed by atoms with Crippen LogP contribution >= 0.6 is 15.9 Å². The van der Waals surface area contributed by atoms with E-state index in [0.29, 0.717) is 5.33 Å². The lowest BCUT2D eigenvalue weighted by Gasteiger charge is -2.12. The SMILES string of the molecule is CC(NS(=O)(=O)c1ccc(CBr)cc1)c1cn[nH]c1. The van der Waals surface area contributed by atoms with Crippen LogP contribution in [0.3, 0.4) is 0 Å². The van der Waals surface area contributed by atoms with Crippen molar-refractivity contribution in [1.82, 2.24) is 14.9 Å². The summed E-state index contributed by atoms with van der Waals surface area (Å²) in [6, 6.07) is 6.43. The number of nitrogens with one attached hydrogen (secondary N) is 2. The van der Waals surface area contributed by atoms with Crippen LogP contribution in [-0.2, 0) is 15.4 Å². The molecule has 1 unspecified atom stereocenters. The Labute approximate surface area is 120 Å². The van der Waals surface area contributed by atoms with E-state index in [0.717, 1.165) is 11.1 Å². The highest BCUT2D eigenvalue weighted by molar-refractivity contribution is 9.08. The number of hydrogen-bond acceptors (Lipinski definition) is 3. The van der Waals surface area contributed by atoms with Gasteiger partial charge in [0.05, 0.1) is 11.1 Å². The first kappa shape index (κ1) is 14.2. The number of hydrogen-bond donors (Lipinski definition) is 2. The Hall–Kier alpha value is -1.18. The summed E-state index contributed by atoms with van der Waals surface area (Å²) in [7, 11) is -3.52. The summed E-state index contributed by atoms with van der Waals surface area (Å²) in [5, 5.41) is 7.17. The number of alkyl halides is 1. The number of rotatable bonds is 5. The van der Waals surface area contributed by atoms with E-state index in [9.17, 15) is 8.42 Å². The first-order chi connectivity index (χ1) is 9.03. The molecule has 0 aliphatic carbocycles. The van der Waals surface area contributed by atoms with E-state index in [4.69, 9.17) is 0 Å². The maximum atomic E-state index is 12.2. The van der Waals surface area contributed by atoms with Crippen molar-refractivity contribution in [2.75, 3.05) is 0 Å². The summed E-state index contributed by atoms with van der Waals surface area (Å²) >= 11 is 3.32. The number of aromatic nitrogens is 2. The van der Waals surface area contributed by atoms with Crippen LogP contribution in [0.15, 0.2) is 41.6 Å². The summed E-state index contributed by atoms with van der Waals surface area (Å²) in [6.45, 7) is 1.77. The minimum absolute atomic E-state index is 0.257. The highest BCUT2D eigenvalue weighted by Gasteiger charge is 2.18. The molecule has 1 aromatic heterocycles. The molecule has 2 rings (SSSR count). The van der Waals surface area contributed by atoms with Crippen LogP contribution < -0.4 is 4.72 Å². The molecule has 0 amide bonds. The molecule has 0 fully saturated rings. The second-order valence-electron chi connectivity index (χ2n) is 4.15. The van der Waals surface area contributed by atoms with Gasteiger partial charge in [-0.3, -0.25) is 5.10 Å². The lowest BCUT2D eigenvalue weighted by Crippen LogP contribution is -2.26. The molecular weight excluding hydrogens is 330 g/mol. The summed E-state index contributed by atoms with van der Waals surface area (Å²) in [5.74, 6) is 0. The predicted octanol–water partition coefficient (Wildman–Crippen LogP) is 2.34. The molecule has 1 aromatic carbocycles. The molecule has 0 saturated carbocycles. The van der Waals surface area contributed by atoms with Crippen LogP contribution in [0.25, 0.3) is 0 Å². The zero-order valence-electron chi connectivity index (χ0n) is 10.3. The van der Waals surface area contributed by atoms with Crippen LogP contribution in [-0.4, -0.2) is 18.6 Å². The quantitative estimate of drug-likeness (QED) is 0.818. The van der Waals surface area contributed by atoms with Gasteiger partial charge >= 0.3 is 0 Å². The average Bonchev–Trinajstić information content (AvgIpc) is 2.92. The van der Waals surface area contributed by atoms with Gasteiger partial charge < -0.3 is 0 Å². The molecule has 0 radical (unpaired) electrons. The van der Waals surface area contributed by atoms with Crippen LogP contribution in [0.5, 0.6) is 0 Å². The Balaban J connectivity index is 2.17. The summed E-state index contributed by atoms with van der Waals surface area (Å²) in [4.78, 5) is 0.257. The fourth-order valence-corrected chi connectivity index (χ4v) is 3.23. The minimum atomic E-state index is -3.52. The second kappa shape index (κ2) is 5.85. The molecule has 0 bridgehead atoms. The van der Waals surface area contributed by atoms with E-state index >= 15 is 0 Å². The van der Waals surface area contributed by atoms with Crippen LogP contribution in [0.4, 0.5) is 0 Å². The number of aromatic amines is 1. The van der Waals surface area contributed by atoms with Crippen molar-refractivity contribution in [3.63, 3.8) is 0 Å². The van der Waals surface area contributed by atoms with Crippen molar-refractivity contribution in [3.8, 4) is 0 Å². The molecule has 0 aliphatic rings. The standard InChI is InChI=1S/C12H14BrN3O2S/c1-9(11-7-14-15-8-11)16-19(17,18)12-4-2-10(6-13)3-5-12/h2-5,7-9,16H,6H2,1H3,(H,14,15). The fraction of sp³-hybridized carbons (Fsp3) is 0.250. The van der Waals surface area contributed by atoms with Crippen molar-refractivity contribution >= 4 is 26.0 Å². The van der Waals surface area contributed by atoms with E-state index in [-0.39, 0.29) is 10.9 Å². The zero-order valence-corrected chi connectivity index (χ0v) is 12.7. The van der Waals surface area contributed by atoms with Crippen LogP contribution in [0.2, 0.25) is 0 Å². The third kappa shape index (κ3) is 3.43. The van der Waals surface area contributed by atoms with Gasteiger partial charge in [0, 0.05) is 23.1 Å². The Morgan fingerprint density at radius 2 is 2.05 bits per heavy atom. The highest BCUT2D eigenvalue weighted by atomic mass is 79.9. The fourth-order valence-electron chi connectivity index (χ4n) is 1.62. The van der Waals surface area contributed by atoms with Gasteiger partial charge in [0.2, 0.25) is 10.0 Å². The first-order valence-electron chi connectivity index (χ1n) is 5.69. The lowest BCUT2D eigenvalue weighted by molar-refractivity contribution is 0.567. The van der Waals surface area contributed by atoms with Crippen molar-refractivity contribution in [3.05, 3.63) is 47.8 Å². The smallest absolute Gasteiger partial charge is 0.241 e. The number of nitrogens with zero attached hydrogens (tertiary/aromatic N) is 1. The van der Waals surface area contributed by atoms with Gasteiger partial charge in [-0.25, -0.2) is 13.1 Å². The maximum Gasteiger partial charge on any atom is 0.241 e. The van der Waals surface area contributed by atoms with Gasteiger partial charge in [-0.15, -0.1) is 0 Å². The van der Waals surface area contributed by atoms with Gasteiger partial charge in [0.25, 0.3) is 0 Å². The van der Waals surface area contributed by atoms with E-state index < -0.39 is 10.0 Å².